The number of rotatable bonds is 8. The molecule has 0 bridgehead atoms. The van der Waals surface area contributed by atoms with Crippen molar-refractivity contribution in [3.63, 3.8) is 0 Å². The Hall–Kier alpha value is -3.10. The van der Waals surface area contributed by atoms with Gasteiger partial charge in [-0.2, -0.15) is 5.10 Å². The number of aromatic nitrogens is 2. The van der Waals surface area contributed by atoms with Crippen LogP contribution in [0.5, 0.6) is 0 Å². The zero-order valence-electron chi connectivity index (χ0n) is 18.7. The number of hydrogen-bond donors (Lipinski definition) is 2. The molecule has 0 spiro atoms. The van der Waals surface area contributed by atoms with Crippen molar-refractivity contribution in [2.24, 2.45) is 0 Å². The van der Waals surface area contributed by atoms with Crippen LogP contribution in [0.25, 0.3) is 0 Å². The summed E-state index contributed by atoms with van der Waals surface area (Å²) in [6, 6.07) is 5.18. The molecule has 0 radical (unpaired) electrons. The summed E-state index contributed by atoms with van der Waals surface area (Å²) in [7, 11) is 0. The van der Waals surface area contributed by atoms with Gasteiger partial charge >= 0.3 is 0 Å². The Balaban J connectivity index is 1.56. The van der Waals surface area contributed by atoms with Crippen LogP contribution in [0, 0.1) is 0 Å². The molecule has 9 heteroatoms. The lowest BCUT2D eigenvalue weighted by molar-refractivity contribution is -0.133. The average molecular weight is 442 g/mol. The average Bonchev–Trinajstić information content (AvgIpc) is 3.53. The van der Waals surface area contributed by atoms with E-state index in [0.29, 0.717) is 18.0 Å². The smallest absolute Gasteiger partial charge is 0.273 e. The fourth-order valence-corrected chi connectivity index (χ4v) is 4.50. The predicted molar refractivity (Wildman–Crippen MR) is 117 cm³/mol. The molecule has 1 aliphatic heterocycles. The van der Waals surface area contributed by atoms with Gasteiger partial charge in [-0.05, 0) is 38.3 Å². The molecular weight excluding hydrogens is 410 g/mol. The topological polar surface area (TPSA) is 109 Å². The van der Waals surface area contributed by atoms with Gasteiger partial charge < -0.3 is 20.0 Å². The van der Waals surface area contributed by atoms with E-state index in [1.165, 1.54) is 17.0 Å². The quantitative estimate of drug-likeness (QED) is 0.654. The van der Waals surface area contributed by atoms with Crippen LogP contribution < -0.4 is 10.6 Å². The standard InChI is InChI=1S/C23H31N5O4/c1-3-4-11-27-21(30)19-13-18(20(29)24-14-17-10-7-12-32-17)26-28(19)15-23(27,2)22(31)25-16-8-5-6-9-16/h7,10,12-13,16H,3-6,8-9,11,14-15H2,1-2H3,(H,24,29)(H,25,31)/t23-/m0/s1. The Labute approximate surface area is 187 Å². The zero-order valence-corrected chi connectivity index (χ0v) is 18.7. The Morgan fingerprint density at radius 2 is 2.09 bits per heavy atom. The number of carbonyl (C=O) groups excluding carboxylic acids is 3. The van der Waals surface area contributed by atoms with Crippen LogP contribution in [0.3, 0.4) is 0 Å². The molecule has 9 nitrogen and oxygen atoms in total. The van der Waals surface area contributed by atoms with Crippen LogP contribution in [0.1, 0.15) is 79.1 Å². The van der Waals surface area contributed by atoms with Crippen molar-refractivity contribution in [3.05, 3.63) is 41.6 Å². The van der Waals surface area contributed by atoms with E-state index in [2.05, 4.69) is 22.7 Å². The van der Waals surface area contributed by atoms with Crippen molar-refractivity contribution in [1.82, 2.24) is 25.3 Å². The van der Waals surface area contributed by atoms with E-state index in [4.69, 9.17) is 4.42 Å². The molecule has 3 heterocycles. The van der Waals surface area contributed by atoms with E-state index in [1.54, 1.807) is 24.0 Å². The number of unbranched alkanes of at least 4 members (excludes halogenated alkanes) is 1. The normalized spacial score (nSPS) is 20.9. The summed E-state index contributed by atoms with van der Waals surface area (Å²) in [5, 5.41) is 10.3. The lowest BCUT2D eigenvalue weighted by atomic mass is 9.94. The van der Waals surface area contributed by atoms with Crippen molar-refractivity contribution in [2.75, 3.05) is 6.54 Å². The first-order valence-electron chi connectivity index (χ1n) is 11.4. The second-order valence-corrected chi connectivity index (χ2v) is 8.87. The minimum Gasteiger partial charge on any atom is -0.467 e. The van der Waals surface area contributed by atoms with Crippen molar-refractivity contribution in [3.8, 4) is 0 Å². The summed E-state index contributed by atoms with van der Waals surface area (Å²) in [6.07, 6.45) is 7.40. The maximum Gasteiger partial charge on any atom is 0.273 e. The van der Waals surface area contributed by atoms with Crippen LogP contribution >= 0.6 is 0 Å². The Morgan fingerprint density at radius 1 is 1.31 bits per heavy atom. The lowest BCUT2D eigenvalue weighted by Crippen LogP contribution is -2.65. The maximum absolute atomic E-state index is 13.4. The third-order valence-electron chi connectivity index (χ3n) is 6.45. The van der Waals surface area contributed by atoms with Gasteiger partial charge in [-0.15, -0.1) is 0 Å². The third-order valence-corrected chi connectivity index (χ3v) is 6.45. The largest absolute Gasteiger partial charge is 0.467 e. The Morgan fingerprint density at radius 3 is 2.78 bits per heavy atom. The van der Waals surface area contributed by atoms with Crippen molar-refractivity contribution >= 4 is 17.7 Å². The molecule has 32 heavy (non-hydrogen) atoms. The van der Waals surface area contributed by atoms with E-state index in [-0.39, 0.29) is 36.6 Å². The molecule has 2 N–H and O–H groups in total. The van der Waals surface area contributed by atoms with Crippen LogP contribution in [0.2, 0.25) is 0 Å². The molecule has 0 aromatic carbocycles. The Bertz CT molecular complexity index is 977. The highest BCUT2D eigenvalue weighted by Gasteiger charge is 2.48. The van der Waals surface area contributed by atoms with Crippen LogP contribution in [0.15, 0.2) is 28.9 Å². The van der Waals surface area contributed by atoms with Gasteiger partial charge in [0, 0.05) is 18.7 Å². The first-order valence-corrected chi connectivity index (χ1v) is 11.4. The summed E-state index contributed by atoms with van der Waals surface area (Å²) >= 11 is 0. The first-order chi connectivity index (χ1) is 15.4. The van der Waals surface area contributed by atoms with Gasteiger partial charge in [-0.25, -0.2) is 0 Å². The number of furan rings is 1. The molecule has 172 valence electrons. The highest BCUT2D eigenvalue weighted by molar-refractivity contribution is 6.01. The number of amides is 3. The second kappa shape index (κ2) is 9.18. The van der Waals surface area contributed by atoms with Gasteiger partial charge in [0.05, 0.1) is 19.4 Å². The number of carbonyl (C=O) groups is 3. The molecule has 1 atom stereocenters. The summed E-state index contributed by atoms with van der Waals surface area (Å²) in [6.45, 7) is 4.77. The van der Waals surface area contributed by atoms with Crippen LogP contribution in [-0.4, -0.2) is 50.5 Å². The van der Waals surface area contributed by atoms with Gasteiger partial charge in [0.25, 0.3) is 11.8 Å². The molecule has 2 aliphatic rings. The fourth-order valence-electron chi connectivity index (χ4n) is 4.50. The van der Waals surface area contributed by atoms with Gasteiger partial charge in [-0.1, -0.05) is 26.2 Å². The number of nitrogens with one attached hydrogen (secondary N) is 2. The SMILES string of the molecule is CCCCN1C(=O)c2cc(C(=O)NCc3ccco3)nn2C[C@@]1(C)C(=O)NC1CCCC1. The van der Waals surface area contributed by atoms with Crippen molar-refractivity contribution < 1.29 is 18.8 Å². The van der Waals surface area contributed by atoms with Crippen LogP contribution in [0.4, 0.5) is 0 Å². The minimum absolute atomic E-state index is 0.149. The molecule has 3 amide bonds. The van der Waals surface area contributed by atoms with E-state index in [1.807, 2.05) is 0 Å². The summed E-state index contributed by atoms with van der Waals surface area (Å²) < 4.78 is 6.73. The molecule has 2 aromatic heterocycles. The molecule has 0 unspecified atom stereocenters. The molecule has 1 saturated carbocycles. The zero-order chi connectivity index (χ0) is 22.7. The van der Waals surface area contributed by atoms with Gasteiger partial charge in [0.1, 0.15) is 17.0 Å². The van der Waals surface area contributed by atoms with Gasteiger partial charge in [0.2, 0.25) is 5.91 Å². The monoisotopic (exact) mass is 441 g/mol. The van der Waals surface area contributed by atoms with Gasteiger partial charge in [0.15, 0.2) is 5.69 Å². The summed E-state index contributed by atoms with van der Waals surface area (Å²) in [5.41, 5.74) is -0.582. The minimum atomic E-state index is -1.06. The summed E-state index contributed by atoms with van der Waals surface area (Å²) in [4.78, 5) is 41.0. The molecule has 1 fully saturated rings. The molecular formula is C23H31N5O4. The van der Waals surface area contributed by atoms with Crippen molar-refractivity contribution in [2.45, 2.75) is 77.0 Å². The molecule has 1 aliphatic carbocycles. The Kier molecular flexibility index (Phi) is 6.34. The van der Waals surface area contributed by atoms with E-state index < -0.39 is 11.4 Å². The van der Waals surface area contributed by atoms with E-state index in [0.717, 1.165) is 38.5 Å². The molecule has 2 aromatic rings. The van der Waals surface area contributed by atoms with E-state index in [9.17, 15) is 14.4 Å². The number of fused-ring (bicyclic) bond motifs is 1. The number of hydrogen-bond acceptors (Lipinski definition) is 5. The highest BCUT2D eigenvalue weighted by atomic mass is 16.3. The third kappa shape index (κ3) is 4.28. The van der Waals surface area contributed by atoms with E-state index >= 15 is 0 Å². The fraction of sp³-hybridized carbons (Fsp3) is 0.565. The van der Waals surface area contributed by atoms with Gasteiger partial charge in [-0.3, -0.25) is 19.1 Å². The molecule has 4 rings (SSSR count). The van der Waals surface area contributed by atoms with Crippen LogP contribution in [-0.2, 0) is 17.9 Å². The predicted octanol–water partition coefficient (Wildman–Crippen LogP) is 2.48. The lowest BCUT2D eigenvalue weighted by Gasteiger charge is -2.43. The summed E-state index contributed by atoms with van der Waals surface area (Å²) in [5.74, 6) is -0.196. The van der Waals surface area contributed by atoms with Crippen molar-refractivity contribution in [1.29, 1.82) is 0 Å². The first kappa shape index (κ1) is 22.1. The highest BCUT2D eigenvalue weighted by Crippen LogP contribution is 2.29. The maximum atomic E-state index is 13.4. The molecule has 0 saturated heterocycles. The second-order valence-electron chi connectivity index (χ2n) is 8.87. The number of nitrogens with zero attached hydrogens (tertiary/aromatic N) is 3.